The lowest BCUT2D eigenvalue weighted by Gasteiger charge is -2.09. The number of amides is 1. The normalized spacial score (nSPS) is 11.1. The second-order valence-electron chi connectivity index (χ2n) is 6.35. The van der Waals surface area contributed by atoms with E-state index in [1.165, 1.54) is 12.1 Å². The van der Waals surface area contributed by atoms with E-state index in [4.69, 9.17) is 0 Å². The van der Waals surface area contributed by atoms with Crippen molar-refractivity contribution in [2.75, 3.05) is 11.1 Å². The Hall–Kier alpha value is -3.40. The summed E-state index contributed by atoms with van der Waals surface area (Å²) in [6.45, 7) is 1.78. The molecule has 4 aromatic rings. The van der Waals surface area contributed by atoms with Gasteiger partial charge in [0.2, 0.25) is 5.91 Å². The van der Waals surface area contributed by atoms with Crippen LogP contribution in [0.2, 0.25) is 0 Å². The minimum atomic E-state index is -0.861. The standard InChI is InChI=1S/C20H14F3N5OS/c1-11-15-9-24-28(14-5-2-12(21)3-6-14)19(15)20(27-26-11)30-10-18(29)25-17-7-4-13(22)8-16(17)23/h2-9H,10H2,1H3,(H,25,29). The number of thioether (sulfide) groups is 1. The fourth-order valence-electron chi connectivity index (χ4n) is 2.83. The molecular weight excluding hydrogens is 415 g/mol. The average molecular weight is 429 g/mol. The highest BCUT2D eigenvalue weighted by Crippen LogP contribution is 2.29. The Bertz CT molecular complexity index is 1240. The van der Waals surface area contributed by atoms with Crippen LogP contribution in [-0.4, -0.2) is 31.6 Å². The fourth-order valence-corrected chi connectivity index (χ4v) is 3.60. The topological polar surface area (TPSA) is 72.7 Å². The molecule has 2 aromatic heterocycles. The summed E-state index contributed by atoms with van der Waals surface area (Å²) < 4.78 is 41.6. The van der Waals surface area contributed by atoms with E-state index in [0.717, 1.165) is 29.3 Å². The van der Waals surface area contributed by atoms with Crippen molar-refractivity contribution in [3.8, 4) is 5.69 Å². The monoisotopic (exact) mass is 429 g/mol. The number of halogens is 3. The highest BCUT2D eigenvalue weighted by atomic mass is 32.2. The highest BCUT2D eigenvalue weighted by Gasteiger charge is 2.17. The number of aromatic nitrogens is 4. The Balaban J connectivity index is 1.59. The van der Waals surface area contributed by atoms with Crippen LogP contribution in [0.5, 0.6) is 0 Å². The van der Waals surface area contributed by atoms with Crippen molar-refractivity contribution in [3.63, 3.8) is 0 Å². The third-order valence-electron chi connectivity index (χ3n) is 4.27. The molecule has 1 amide bonds. The molecular formula is C20H14F3N5OS. The maximum atomic E-state index is 13.7. The molecule has 0 fully saturated rings. The molecule has 6 nitrogen and oxygen atoms in total. The summed E-state index contributed by atoms with van der Waals surface area (Å²) in [6, 6.07) is 8.71. The summed E-state index contributed by atoms with van der Waals surface area (Å²) in [6.07, 6.45) is 1.63. The summed E-state index contributed by atoms with van der Waals surface area (Å²) in [5.74, 6) is -2.54. The maximum absolute atomic E-state index is 13.7. The lowest BCUT2D eigenvalue weighted by Crippen LogP contribution is -2.15. The van der Waals surface area contributed by atoms with Gasteiger partial charge in [0.15, 0.2) is 0 Å². The van der Waals surface area contributed by atoms with E-state index in [1.54, 1.807) is 29.9 Å². The second kappa shape index (κ2) is 8.15. The molecule has 4 rings (SSSR count). The van der Waals surface area contributed by atoms with E-state index in [-0.39, 0.29) is 17.3 Å². The van der Waals surface area contributed by atoms with Crippen molar-refractivity contribution in [3.05, 3.63) is 71.8 Å². The van der Waals surface area contributed by atoms with Gasteiger partial charge in [-0.15, -0.1) is 5.10 Å². The van der Waals surface area contributed by atoms with Crippen molar-refractivity contribution in [2.24, 2.45) is 0 Å². The van der Waals surface area contributed by atoms with Gasteiger partial charge >= 0.3 is 0 Å². The van der Waals surface area contributed by atoms with Gasteiger partial charge in [-0.3, -0.25) is 4.79 Å². The number of carbonyl (C=O) groups excluding carboxylic acids is 1. The Labute approximate surface area is 173 Å². The van der Waals surface area contributed by atoms with Crippen LogP contribution in [0.1, 0.15) is 5.69 Å². The Morgan fingerprint density at radius 1 is 1.07 bits per heavy atom. The van der Waals surface area contributed by atoms with Gasteiger partial charge in [-0.2, -0.15) is 10.2 Å². The van der Waals surface area contributed by atoms with Gasteiger partial charge in [0.05, 0.1) is 29.0 Å². The van der Waals surface area contributed by atoms with Gasteiger partial charge in [0, 0.05) is 11.5 Å². The van der Waals surface area contributed by atoms with E-state index < -0.39 is 17.5 Å². The Kier molecular flexibility index (Phi) is 5.40. The molecule has 0 radical (unpaired) electrons. The first kappa shape index (κ1) is 19.9. The molecule has 30 heavy (non-hydrogen) atoms. The third kappa shape index (κ3) is 3.99. The molecule has 0 aliphatic carbocycles. The van der Waals surface area contributed by atoms with E-state index >= 15 is 0 Å². The molecule has 152 valence electrons. The minimum absolute atomic E-state index is 0.0851. The van der Waals surface area contributed by atoms with Crippen LogP contribution < -0.4 is 5.32 Å². The number of hydrogen-bond donors (Lipinski definition) is 1. The molecule has 0 unspecified atom stereocenters. The minimum Gasteiger partial charge on any atom is -0.323 e. The quantitative estimate of drug-likeness (QED) is 0.480. The number of benzene rings is 2. The van der Waals surface area contributed by atoms with Crippen LogP contribution in [-0.2, 0) is 4.79 Å². The number of nitrogens with zero attached hydrogens (tertiary/aromatic N) is 4. The first-order valence-electron chi connectivity index (χ1n) is 8.77. The molecule has 2 heterocycles. The molecule has 0 spiro atoms. The summed E-state index contributed by atoms with van der Waals surface area (Å²) in [7, 11) is 0. The molecule has 0 bridgehead atoms. The van der Waals surface area contributed by atoms with Gasteiger partial charge in [0.25, 0.3) is 0 Å². The number of anilines is 1. The number of hydrogen-bond acceptors (Lipinski definition) is 5. The molecule has 0 saturated heterocycles. The summed E-state index contributed by atoms with van der Waals surface area (Å²) in [5, 5.41) is 16.2. The van der Waals surface area contributed by atoms with Gasteiger partial charge in [-0.05, 0) is 43.3 Å². The van der Waals surface area contributed by atoms with Crippen molar-refractivity contribution in [1.82, 2.24) is 20.0 Å². The van der Waals surface area contributed by atoms with Gasteiger partial charge in [-0.25, -0.2) is 17.9 Å². The zero-order valence-electron chi connectivity index (χ0n) is 15.6. The molecule has 0 atom stereocenters. The molecule has 0 aliphatic rings. The predicted molar refractivity (Wildman–Crippen MR) is 107 cm³/mol. The van der Waals surface area contributed by atoms with Crippen LogP contribution in [0, 0.1) is 24.4 Å². The van der Waals surface area contributed by atoms with Crippen LogP contribution in [0.25, 0.3) is 16.6 Å². The number of carbonyl (C=O) groups is 1. The molecule has 1 N–H and O–H groups in total. The van der Waals surface area contributed by atoms with E-state index in [0.29, 0.717) is 28.0 Å². The zero-order valence-corrected chi connectivity index (χ0v) is 16.4. The first-order chi connectivity index (χ1) is 14.4. The second-order valence-corrected chi connectivity index (χ2v) is 7.31. The van der Waals surface area contributed by atoms with Gasteiger partial charge < -0.3 is 5.32 Å². The number of rotatable bonds is 5. The van der Waals surface area contributed by atoms with Crippen LogP contribution in [0.4, 0.5) is 18.9 Å². The average Bonchev–Trinajstić information content (AvgIpc) is 3.16. The van der Waals surface area contributed by atoms with Crippen LogP contribution in [0.15, 0.2) is 53.7 Å². The smallest absolute Gasteiger partial charge is 0.234 e. The van der Waals surface area contributed by atoms with Crippen LogP contribution in [0.3, 0.4) is 0 Å². The van der Waals surface area contributed by atoms with Crippen molar-refractivity contribution in [1.29, 1.82) is 0 Å². The largest absolute Gasteiger partial charge is 0.323 e. The molecule has 10 heteroatoms. The van der Waals surface area contributed by atoms with Crippen molar-refractivity contribution >= 4 is 34.3 Å². The molecule has 2 aromatic carbocycles. The van der Waals surface area contributed by atoms with Gasteiger partial charge in [0.1, 0.15) is 28.0 Å². The van der Waals surface area contributed by atoms with Crippen molar-refractivity contribution in [2.45, 2.75) is 11.9 Å². The van der Waals surface area contributed by atoms with E-state index in [9.17, 15) is 18.0 Å². The van der Waals surface area contributed by atoms with Crippen molar-refractivity contribution < 1.29 is 18.0 Å². The SMILES string of the molecule is Cc1nnc(SCC(=O)Nc2ccc(F)cc2F)c2c1cnn2-c1ccc(F)cc1. The van der Waals surface area contributed by atoms with Gasteiger partial charge in [-0.1, -0.05) is 11.8 Å². The number of aryl methyl sites for hydroxylation is 1. The molecule has 0 aliphatic heterocycles. The fraction of sp³-hybridized carbons (Fsp3) is 0.100. The summed E-state index contributed by atoms with van der Waals surface area (Å²) >= 11 is 1.09. The third-order valence-corrected chi connectivity index (χ3v) is 5.22. The Morgan fingerprint density at radius 3 is 2.53 bits per heavy atom. The Morgan fingerprint density at radius 2 is 1.80 bits per heavy atom. The zero-order chi connectivity index (χ0) is 21.3. The lowest BCUT2D eigenvalue weighted by molar-refractivity contribution is -0.113. The molecule has 0 saturated carbocycles. The predicted octanol–water partition coefficient (Wildman–Crippen LogP) is 4.27. The summed E-state index contributed by atoms with van der Waals surface area (Å²) in [4.78, 5) is 12.3. The summed E-state index contributed by atoms with van der Waals surface area (Å²) in [5.41, 5.74) is 1.79. The van der Waals surface area contributed by atoms with Crippen LogP contribution >= 0.6 is 11.8 Å². The number of fused-ring (bicyclic) bond motifs is 1. The van der Waals surface area contributed by atoms with E-state index in [1.807, 2.05) is 0 Å². The lowest BCUT2D eigenvalue weighted by atomic mass is 10.2. The highest BCUT2D eigenvalue weighted by molar-refractivity contribution is 8.00. The number of nitrogens with one attached hydrogen (secondary N) is 1. The maximum Gasteiger partial charge on any atom is 0.234 e. The first-order valence-corrected chi connectivity index (χ1v) is 9.75. The van der Waals surface area contributed by atoms with E-state index in [2.05, 4.69) is 20.6 Å².